The Morgan fingerprint density at radius 3 is 3.00 bits per heavy atom. The van der Waals surface area contributed by atoms with Gasteiger partial charge in [-0.3, -0.25) is 0 Å². The average molecular weight is 312 g/mol. The van der Waals surface area contributed by atoms with Crippen LogP contribution < -0.4 is 0 Å². The monoisotopic (exact) mass is 311 g/mol. The average Bonchev–Trinajstić information content (AvgIpc) is 2.82. The van der Waals surface area contributed by atoms with Crippen LogP contribution in [0.5, 0.6) is 0 Å². The highest BCUT2D eigenvalue weighted by molar-refractivity contribution is 9.09. The molecule has 0 spiro atoms. The Balaban J connectivity index is 1.71. The molecule has 1 aromatic carbocycles. The second kappa shape index (κ2) is 5.38. The first kappa shape index (κ1) is 12.1. The fourth-order valence-electron chi connectivity index (χ4n) is 2.02. The van der Waals surface area contributed by atoms with Crippen LogP contribution in [0.2, 0.25) is 0 Å². The van der Waals surface area contributed by atoms with Gasteiger partial charge in [0.15, 0.2) is 11.5 Å². The number of aromatic nitrogens is 1. The van der Waals surface area contributed by atoms with Gasteiger partial charge in [-0.25, -0.2) is 4.98 Å². The van der Waals surface area contributed by atoms with E-state index in [9.17, 15) is 0 Å². The van der Waals surface area contributed by atoms with Gasteiger partial charge in [0, 0.05) is 6.42 Å². The minimum absolute atomic E-state index is 0.0637. The smallest absolute Gasteiger partial charge is 0.196 e. The summed E-state index contributed by atoms with van der Waals surface area (Å²) in [4.78, 5) is 4.61. The molecular formula is C13H14BrNO3. The molecule has 18 heavy (non-hydrogen) atoms. The Hall–Kier alpha value is -0.910. The molecule has 4 nitrogen and oxygen atoms in total. The molecule has 1 saturated heterocycles. The Labute approximate surface area is 113 Å². The van der Waals surface area contributed by atoms with Crippen LogP contribution in [0.4, 0.5) is 0 Å². The van der Waals surface area contributed by atoms with Gasteiger partial charge in [0.05, 0.1) is 30.8 Å². The second-order valence-electron chi connectivity index (χ2n) is 4.28. The van der Waals surface area contributed by atoms with Gasteiger partial charge in [-0.1, -0.05) is 28.1 Å². The zero-order valence-electron chi connectivity index (χ0n) is 9.84. The summed E-state index contributed by atoms with van der Waals surface area (Å²) in [6, 6.07) is 7.78. The number of oxazole rings is 1. The summed E-state index contributed by atoms with van der Waals surface area (Å²) in [6.45, 7) is 1.95. The Bertz CT molecular complexity index is 489. The highest BCUT2D eigenvalue weighted by Gasteiger charge is 2.24. The molecule has 96 valence electrons. The molecule has 0 amide bonds. The van der Waals surface area contributed by atoms with E-state index >= 15 is 0 Å². The molecule has 0 aliphatic carbocycles. The molecule has 2 heterocycles. The first-order valence-corrected chi connectivity index (χ1v) is 6.92. The number of hydrogen-bond acceptors (Lipinski definition) is 4. The zero-order valence-corrected chi connectivity index (χ0v) is 11.4. The predicted octanol–water partition coefficient (Wildman–Crippen LogP) is 2.55. The van der Waals surface area contributed by atoms with E-state index in [1.165, 1.54) is 0 Å². The number of benzene rings is 1. The van der Waals surface area contributed by atoms with Gasteiger partial charge in [0.2, 0.25) is 0 Å². The highest BCUT2D eigenvalue weighted by atomic mass is 79.9. The van der Waals surface area contributed by atoms with Crippen molar-refractivity contribution in [2.45, 2.75) is 17.4 Å². The van der Waals surface area contributed by atoms with Gasteiger partial charge in [0.25, 0.3) is 0 Å². The van der Waals surface area contributed by atoms with Gasteiger partial charge in [-0.2, -0.15) is 0 Å². The molecule has 0 saturated carbocycles. The molecule has 2 aromatic rings. The molecular weight excluding hydrogens is 298 g/mol. The van der Waals surface area contributed by atoms with Crippen LogP contribution in [0, 0.1) is 0 Å². The van der Waals surface area contributed by atoms with Crippen LogP contribution >= 0.6 is 15.9 Å². The largest absolute Gasteiger partial charge is 0.441 e. The van der Waals surface area contributed by atoms with Gasteiger partial charge in [0.1, 0.15) is 5.52 Å². The quantitative estimate of drug-likeness (QED) is 0.817. The standard InChI is InChI=1S/C13H14BrNO3/c14-9(12-8-16-5-6-17-12)7-13-15-10-3-1-2-4-11(10)18-13/h1-4,9,12H,5-8H2. The van der Waals surface area contributed by atoms with E-state index in [2.05, 4.69) is 20.9 Å². The second-order valence-corrected chi connectivity index (χ2v) is 5.46. The maximum atomic E-state index is 5.69. The van der Waals surface area contributed by atoms with Crippen molar-refractivity contribution in [2.75, 3.05) is 19.8 Å². The normalized spacial score (nSPS) is 22.2. The Morgan fingerprint density at radius 2 is 2.22 bits per heavy atom. The molecule has 0 radical (unpaired) electrons. The predicted molar refractivity (Wildman–Crippen MR) is 71.0 cm³/mol. The molecule has 0 N–H and O–H groups in total. The van der Waals surface area contributed by atoms with Crippen molar-refractivity contribution in [3.05, 3.63) is 30.2 Å². The number of hydrogen-bond donors (Lipinski definition) is 0. The zero-order chi connectivity index (χ0) is 12.4. The van der Waals surface area contributed by atoms with Crippen molar-refractivity contribution in [3.8, 4) is 0 Å². The number of fused-ring (bicyclic) bond motifs is 1. The molecule has 1 fully saturated rings. The van der Waals surface area contributed by atoms with Crippen molar-refractivity contribution in [1.29, 1.82) is 0 Å². The van der Waals surface area contributed by atoms with Gasteiger partial charge < -0.3 is 13.9 Å². The summed E-state index contributed by atoms with van der Waals surface area (Å²) < 4.78 is 16.7. The lowest BCUT2D eigenvalue weighted by molar-refractivity contribution is -0.0874. The third-order valence-corrected chi connectivity index (χ3v) is 3.87. The number of rotatable bonds is 3. The third kappa shape index (κ3) is 2.58. The Kier molecular flexibility index (Phi) is 3.63. The van der Waals surface area contributed by atoms with Crippen LogP contribution in [0.15, 0.2) is 28.7 Å². The summed E-state index contributed by atoms with van der Waals surface area (Å²) in [5.41, 5.74) is 1.72. The fraction of sp³-hybridized carbons (Fsp3) is 0.462. The van der Waals surface area contributed by atoms with Crippen molar-refractivity contribution in [3.63, 3.8) is 0 Å². The summed E-state index contributed by atoms with van der Waals surface area (Å²) in [5.74, 6) is 0.729. The van der Waals surface area contributed by atoms with Crippen molar-refractivity contribution >= 4 is 27.0 Å². The number of alkyl halides is 1. The lowest BCUT2D eigenvalue weighted by atomic mass is 10.2. The minimum Gasteiger partial charge on any atom is -0.441 e. The first-order valence-electron chi connectivity index (χ1n) is 6.01. The fourth-order valence-corrected chi connectivity index (χ4v) is 2.60. The summed E-state index contributed by atoms with van der Waals surface area (Å²) in [6.07, 6.45) is 0.761. The van der Waals surface area contributed by atoms with Gasteiger partial charge in [-0.15, -0.1) is 0 Å². The van der Waals surface area contributed by atoms with Crippen LogP contribution in [0.3, 0.4) is 0 Å². The van der Waals surface area contributed by atoms with Crippen LogP contribution in [-0.2, 0) is 15.9 Å². The molecule has 2 atom stereocenters. The SMILES string of the molecule is BrC(Cc1nc2ccccc2o1)C1COCCO1. The first-order chi connectivity index (χ1) is 8.83. The molecule has 3 rings (SSSR count). The maximum absolute atomic E-state index is 5.69. The van der Waals surface area contributed by atoms with E-state index in [-0.39, 0.29) is 10.9 Å². The molecule has 1 aliphatic rings. The van der Waals surface area contributed by atoms with E-state index in [1.54, 1.807) is 0 Å². The summed E-state index contributed by atoms with van der Waals surface area (Å²) in [5, 5.41) is 0. The lowest BCUT2D eigenvalue weighted by Crippen LogP contribution is -2.36. The number of nitrogens with zero attached hydrogens (tertiary/aromatic N) is 1. The van der Waals surface area contributed by atoms with E-state index < -0.39 is 0 Å². The van der Waals surface area contributed by atoms with Crippen LogP contribution in [0.1, 0.15) is 5.89 Å². The van der Waals surface area contributed by atoms with Crippen LogP contribution in [0.25, 0.3) is 11.1 Å². The molecule has 5 heteroatoms. The van der Waals surface area contributed by atoms with Crippen molar-refractivity contribution in [2.24, 2.45) is 0 Å². The molecule has 1 aromatic heterocycles. The molecule has 1 aliphatic heterocycles. The van der Waals surface area contributed by atoms with Crippen molar-refractivity contribution in [1.82, 2.24) is 4.98 Å². The highest BCUT2D eigenvalue weighted by Crippen LogP contribution is 2.21. The van der Waals surface area contributed by atoms with E-state index in [0.717, 1.165) is 17.0 Å². The number of ether oxygens (including phenoxy) is 2. The Morgan fingerprint density at radius 1 is 1.33 bits per heavy atom. The van der Waals surface area contributed by atoms with Crippen LogP contribution in [-0.4, -0.2) is 35.7 Å². The molecule has 0 bridgehead atoms. The third-order valence-electron chi connectivity index (χ3n) is 2.95. The van der Waals surface area contributed by atoms with E-state index in [4.69, 9.17) is 13.9 Å². The minimum atomic E-state index is 0.0637. The maximum Gasteiger partial charge on any atom is 0.196 e. The topological polar surface area (TPSA) is 44.5 Å². The summed E-state index contributed by atoms with van der Waals surface area (Å²) in [7, 11) is 0. The molecule has 2 unspecified atom stereocenters. The van der Waals surface area contributed by atoms with Gasteiger partial charge in [-0.05, 0) is 12.1 Å². The number of para-hydroxylation sites is 2. The van der Waals surface area contributed by atoms with Crippen molar-refractivity contribution < 1.29 is 13.9 Å². The number of halogens is 1. The summed E-state index contributed by atoms with van der Waals surface area (Å²) >= 11 is 3.63. The lowest BCUT2D eigenvalue weighted by Gasteiger charge is -2.26. The van der Waals surface area contributed by atoms with E-state index in [1.807, 2.05) is 24.3 Å². The van der Waals surface area contributed by atoms with E-state index in [0.29, 0.717) is 26.2 Å². The van der Waals surface area contributed by atoms with Gasteiger partial charge >= 0.3 is 0 Å².